The first kappa shape index (κ1) is 15.8. The molecule has 0 heterocycles. The Labute approximate surface area is 119 Å². The van der Waals surface area contributed by atoms with Gasteiger partial charge in [-0.1, -0.05) is 65.7 Å². The molecule has 0 amide bonds. The molecule has 0 nitrogen and oxygen atoms in total. The molecule has 0 bridgehead atoms. The highest BCUT2D eigenvalue weighted by Crippen LogP contribution is 2.31. The lowest BCUT2D eigenvalue weighted by Crippen LogP contribution is -2.13. The Morgan fingerprint density at radius 2 is 1.79 bits per heavy atom. The number of rotatable bonds is 2. The van der Waals surface area contributed by atoms with Crippen LogP contribution in [0, 0.1) is 24.7 Å². The van der Waals surface area contributed by atoms with E-state index in [2.05, 4.69) is 78.5 Å². The van der Waals surface area contributed by atoms with E-state index >= 15 is 0 Å². The van der Waals surface area contributed by atoms with E-state index in [1.165, 1.54) is 16.7 Å². The average molecular weight is 256 g/mol. The highest BCUT2D eigenvalue weighted by Gasteiger charge is 2.19. The maximum Gasteiger partial charge on any atom is 0.0240 e. The summed E-state index contributed by atoms with van der Waals surface area (Å²) < 4.78 is 0. The first-order valence-electron chi connectivity index (χ1n) is 7.36. The SMILES string of the molecule is CCC#CC(C)C(C)c1cc(C(C)(C)C)ccc1C. The van der Waals surface area contributed by atoms with E-state index in [0.29, 0.717) is 11.8 Å². The van der Waals surface area contributed by atoms with Gasteiger partial charge in [0.2, 0.25) is 0 Å². The maximum atomic E-state index is 3.37. The fourth-order valence-corrected chi connectivity index (χ4v) is 2.25. The predicted molar refractivity (Wildman–Crippen MR) is 85.5 cm³/mol. The molecule has 0 aromatic heterocycles. The third kappa shape index (κ3) is 4.13. The van der Waals surface area contributed by atoms with Gasteiger partial charge in [0, 0.05) is 12.3 Å². The number of aryl methyl sites for hydroxylation is 1. The van der Waals surface area contributed by atoms with Crippen molar-refractivity contribution in [2.24, 2.45) is 5.92 Å². The zero-order chi connectivity index (χ0) is 14.6. The number of hydrogen-bond donors (Lipinski definition) is 0. The van der Waals surface area contributed by atoms with Crippen LogP contribution in [0.25, 0.3) is 0 Å². The molecule has 2 atom stereocenters. The van der Waals surface area contributed by atoms with E-state index in [9.17, 15) is 0 Å². The Morgan fingerprint density at radius 1 is 1.16 bits per heavy atom. The lowest BCUT2D eigenvalue weighted by atomic mass is 9.80. The van der Waals surface area contributed by atoms with Gasteiger partial charge < -0.3 is 0 Å². The van der Waals surface area contributed by atoms with Crippen LogP contribution >= 0.6 is 0 Å². The highest BCUT2D eigenvalue weighted by atomic mass is 14.2. The third-order valence-corrected chi connectivity index (χ3v) is 3.89. The minimum Gasteiger partial charge on any atom is -0.103 e. The Hall–Kier alpha value is -1.22. The van der Waals surface area contributed by atoms with Crippen molar-refractivity contribution in [1.82, 2.24) is 0 Å². The second kappa shape index (κ2) is 6.29. The number of hydrogen-bond acceptors (Lipinski definition) is 0. The molecule has 0 aliphatic carbocycles. The molecular weight excluding hydrogens is 228 g/mol. The zero-order valence-corrected chi connectivity index (χ0v) is 13.6. The first-order chi connectivity index (χ1) is 8.77. The van der Waals surface area contributed by atoms with Gasteiger partial charge in [-0.2, -0.15) is 0 Å². The molecule has 1 aromatic rings. The monoisotopic (exact) mass is 256 g/mol. The molecule has 0 saturated heterocycles. The van der Waals surface area contributed by atoms with E-state index < -0.39 is 0 Å². The molecule has 0 radical (unpaired) electrons. The summed E-state index contributed by atoms with van der Waals surface area (Å²) in [4.78, 5) is 0. The van der Waals surface area contributed by atoms with Crippen LogP contribution in [0.1, 0.15) is 70.6 Å². The molecule has 19 heavy (non-hydrogen) atoms. The first-order valence-corrected chi connectivity index (χ1v) is 7.36. The maximum absolute atomic E-state index is 3.37. The summed E-state index contributed by atoms with van der Waals surface area (Å²) in [5, 5.41) is 0. The molecule has 0 aliphatic rings. The summed E-state index contributed by atoms with van der Waals surface area (Å²) in [5.41, 5.74) is 4.45. The van der Waals surface area contributed by atoms with E-state index in [1.54, 1.807) is 0 Å². The Morgan fingerprint density at radius 3 is 2.32 bits per heavy atom. The van der Waals surface area contributed by atoms with Crippen molar-refractivity contribution in [1.29, 1.82) is 0 Å². The quantitative estimate of drug-likeness (QED) is 0.618. The van der Waals surface area contributed by atoms with Gasteiger partial charge in [0.25, 0.3) is 0 Å². The second-order valence-corrected chi connectivity index (χ2v) is 6.57. The van der Waals surface area contributed by atoms with Gasteiger partial charge >= 0.3 is 0 Å². The van der Waals surface area contributed by atoms with Crippen LogP contribution in [0.5, 0.6) is 0 Å². The summed E-state index contributed by atoms with van der Waals surface area (Å²) in [7, 11) is 0. The number of benzene rings is 1. The van der Waals surface area contributed by atoms with Crippen LogP contribution in [-0.4, -0.2) is 0 Å². The lowest BCUT2D eigenvalue weighted by Gasteiger charge is -2.24. The van der Waals surface area contributed by atoms with Crippen LogP contribution in [-0.2, 0) is 5.41 Å². The summed E-state index contributed by atoms with van der Waals surface area (Å²) in [5.74, 6) is 7.48. The Bertz CT molecular complexity index is 477. The topological polar surface area (TPSA) is 0 Å². The molecule has 0 N–H and O–H groups in total. The van der Waals surface area contributed by atoms with E-state index in [4.69, 9.17) is 0 Å². The Kier molecular flexibility index (Phi) is 5.24. The second-order valence-electron chi connectivity index (χ2n) is 6.57. The Balaban J connectivity index is 3.12. The van der Waals surface area contributed by atoms with E-state index in [-0.39, 0.29) is 5.41 Å². The van der Waals surface area contributed by atoms with Crippen molar-refractivity contribution >= 4 is 0 Å². The predicted octanol–water partition coefficient (Wildman–Crippen LogP) is 5.45. The van der Waals surface area contributed by atoms with Crippen molar-refractivity contribution < 1.29 is 0 Å². The summed E-state index contributed by atoms with van der Waals surface area (Å²) >= 11 is 0. The molecule has 104 valence electrons. The van der Waals surface area contributed by atoms with Crippen molar-refractivity contribution in [3.63, 3.8) is 0 Å². The molecule has 0 saturated carbocycles. The summed E-state index contributed by atoms with van der Waals surface area (Å²) in [6, 6.07) is 6.89. The molecular formula is C19H28. The zero-order valence-electron chi connectivity index (χ0n) is 13.6. The van der Waals surface area contributed by atoms with Gasteiger partial charge in [-0.25, -0.2) is 0 Å². The summed E-state index contributed by atoms with van der Waals surface area (Å²) in [6.45, 7) is 15.7. The minimum atomic E-state index is 0.209. The van der Waals surface area contributed by atoms with Crippen molar-refractivity contribution in [3.05, 3.63) is 34.9 Å². The molecule has 1 rings (SSSR count). The van der Waals surface area contributed by atoms with Crippen LogP contribution in [0.4, 0.5) is 0 Å². The van der Waals surface area contributed by atoms with Crippen LogP contribution < -0.4 is 0 Å². The minimum absolute atomic E-state index is 0.209. The molecule has 0 heteroatoms. The van der Waals surface area contributed by atoms with Crippen LogP contribution in [0.2, 0.25) is 0 Å². The van der Waals surface area contributed by atoms with Crippen molar-refractivity contribution in [2.75, 3.05) is 0 Å². The summed E-state index contributed by atoms with van der Waals surface area (Å²) in [6.07, 6.45) is 0.943. The highest BCUT2D eigenvalue weighted by molar-refractivity contribution is 5.37. The van der Waals surface area contributed by atoms with E-state index in [0.717, 1.165) is 6.42 Å². The fourth-order valence-electron chi connectivity index (χ4n) is 2.25. The van der Waals surface area contributed by atoms with Gasteiger partial charge in [0.15, 0.2) is 0 Å². The molecule has 0 fully saturated rings. The average Bonchev–Trinajstić information content (AvgIpc) is 2.34. The molecule has 2 unspecified atom stereocenters. The van der Waals surface area contributed by atoms with E-state index in [1.807, 2.05) is 0 Å². The molecule has 0 aliphatic heterocycles. The third-order valence-electron chi connectivity index (χ3n) is 3.89. The van der Waals surface area contributed by atoms with Gasteiger partial charge in [0.05, 0.1) is 0 Å². The normalized spacial score (nSPS) is 14.5. The van der Waals surface area contributed by atoms with Gasteiger partial charge in [-0.3, -0.25) is 0 Å². The smallest absolute Gasteiger partial charge is 0.0240 e. The lowest BCUT2D eigenvalue weighted by molar-refractivity contribution is 0.577. The molecule has 0 spiro atoms. The van der Waals surface area contributed by atoms with Gasteiger partial charge in [0.1, 0.15) is 0 Å². The standard InChI is InChI=1S/C19H28/c1-8-9-10-14(2)16(4)18-13-17(19(5,6)7)12-11-15(18)3/h11-14,16H,8H2,1-7H3. The van der Waals surface area contributed by atoms with Crippen LogP contribution in [0.15, 0.2) is 18.2 Å². The van der Waals surface area contributed by atoms with Crippen molar-refractivity contribution in [2.45, 2.75) is 66.2 Å². The van der Waals surface area contributed by atoms with Gasteiger partial charge in [-0.05, 0) is 34.9 Å². The van der Waals surface area contributed by atoms with Crippen LogP contribution in [0.3, 0.4) is 0 Å². The fraction of sp³-hybridized carbons (Fsp3) is 0.579. The van der Waals surface area contributed by atoms with Crippen molar-refractivity contribution in [3.8, 4) is 11.8 Å². The molecule has 1 aromatic carbocycles. The largest absolute Gasteiger partial charge is 0.103 e. The van der Waals surface area contributed by atoms with Gasteiger partial charge in [-0.15, -0.1) is 5.92 Å².